The van der Waals surface area contributed by atoms with E-state index in [1.165, 1.54) is 0 Å². The average molecular weight is 337 g/mol. The summed E-state index contributed by atoms with van der Waals surface area (Å²) in [4.78, 5) is 18.3. The highest BCUT2D eigenvalue weighted by Gasteiger charge is 2.13. The monoisotopic (exact) mass is 337 g/mol. The van der Waals surface area contributed by atoms with Gasteiger partial charge in [0.2, 0.25) is 0 Å². The maximum absolute atomic E-state index is 12.2. The molecule has 0 unspecified atom stereocenters. The number of hydrogen-bond donors (Lipinski definition) is 0. The van der Waals surface area contributed by atoms with Gasteiger partial charge in [-0.15, -0.1) is 11.3 Å². The van der Waals surface area contributed by atoms with Crippen LogP contribution in [0.3, 0.4) is 0 Å². The van der Waals surface area contributed by atoms with Gasteiger partial charge in [0.05, 0.1) is 28.4 Å². The molecule has 2 aromatic carbocycles. The number of rotatable bonds is 5. The van der Waals surface area contributed by atoms with Crippen LogP contribution in [0.25, 0.3) is 10.2 Å². The molecule has 120 valence electrons. The Kier molecular flexibility index (Phi) is 4.73. The lowest BCUT2D eigenvalue weighted by Crippen LogP contribution is -2.30. The number of likely N-dealkylation sites (N-methyl/N-ethyl adjacent to an activating group) is 1. The van der Waals surface area contributed by atoms with E-state index in [-0.39, 0.29) is 12.5 Å². The Morgan fingerprint density at radius 1 is 1.29 bits per heavy atom. The standard InChI is InChI=1S/C18H15N3O2S/c1-21(11-17-20-15-7-2-3-8-16(15)24-17)18(22)12-23-14-6-4-5-13(9-14)10-19/h2-9H,11-12H2,1H3. The van der Waals surface area contributed by atoms with Gasteiger partial charge in [0.15, 0.2) is 6.61 Å². The van der Waals surface area contributed by atoms with Gasteiger partial charge in [0, 0.05) is 7.05 Å². The molecule has 0 bridgehead atoms. The predicted octanol–water partition coefficient (Wildman–Crippen LogP) is 3.21. The molecule has 1 heterocycles. The number of nitrogens with zero attached hydrogens (tertiary/aromatic N) is 3. The van der Waals surface area contributed by atoms with Gasteiger partial charge in [0.25, 0.3) is 5.91 Å². The van der Waals surface area contributed by atoms with Crippen molar-refractivity contribution in [3.05, 3.63) is 59.1 Å². The van der Waals surface area contributed by atoms with Gasteiger partial charge in [-0.25, -0.2) is 4.98 Å². The summed E-state index contributed by atoms with van der Waals surface area (Å²) in [5.41, 5.74) is 1.45. The minimum absolute atomic E-state index is 0.0731. The van der Waals surface area contributed by atoms with E-state index < -0.39 is 0 Å². The molecular formula is C18H15N3O2S. The molecule has 0 aliphatic heterocycles. The molecule has 0 N–H and O–H groups in total. The van der Waals surface area contributed by atoms with Gasteiger partial charge in [-0.05, 0) is 30.3 Å². The van der Waals surface area contributed by atoms with Gasteiger partial charge in [-0.3, -0.25) is 4.79 Å². The van der Waals surface area contributed by atoms with Gasteiger partial charge in [-0.2, -0.15) is 5.26 Å². The fourth-order valence-corrected chi connectivity index (χ4v) is 3.21. The Balaban J connectivity index is 1.59. The highest BCUT2D eigenvalue weighted by atomic mass is 32.1. The van der Waals surface area contributed by atoms with Crippen molar-refractivity contribution in [3.8, 4) is 11.8 Å². The van der Waals surface area contributed by atoms with Crippen molar-refractivity contribution in [2.75, 3.05) is 13.7 Å². The van der Waals surface area contributed by atoms with E-state index in [0.29, 0.717) is 17.9 Å². The van der Waals surface area contributed by atoms with Gasteiger partial charge < -0.3 is 9.64 Å². The number of thiazole rings is 1. The smallest absolute Gasteiger partial charge is 0.260 e. The molecule has 0 spiro atoms. The van der Waals surface area contributed by atoms with Crippen molar-refractivity contribution in [2.24, 2.45) is 0 Å². The average Bonchev–Trinajstić information content (AvgIpc) is 3.02. The fraction of sp³-hybridized carbons (Fsp3) is 0.167. The zero-order chi connectivity index (χ0) is 16.9. The second-order valence-electron chi connectivity index (χ2n) is 5.25. The van der Waals surface area contributed by atoms with Crippen LogP contribution in [0.2, 0.25) is 0 Å². The third kappa shape index (κ3) is 3.70. The van der Waals surface area contributed by atoms with Crippen LogP contribution in [-0.2, 0) is 11.3 Å². The molecule has 0 radical (unpaired) electrons. The van der Waals surface area contributed by atoms with Gasteiger partial charge in [0.1, 0.15) is 10.8 Å². The van der Waals surface area contributed by atoms with Crippen LogP contribution in [-0.4, -0.2) is 29.4 Å². The van der Waals surface area contributed by atoms with Crippen molar-refractivity contribution >= 4 is 27.5 Å². The Hall–Kier alpha value is -2.91. The molecule has 6 heteroatoms. The van der Waals surface area contributed by atoms with Crippen LogP contribution in [0.15, 0.2) is 48.5 Å². The quantitative estimate of drug-likeness (QED) is 0.717. The van der Waals surface area contributed by atoms with E-state index in [9.17, 15) is 4.79 Å². The summed E-state index contributed by atoms with van der Waals surface area (Å²) in [6.45, 7) is 0.371. The van der Waals surface area contributed by atoms with Crippen molar-refractivity contribution in [1.29, 1.82) is 5.26 Å². The molecule has 1 amide bonds. The molecule has 0 aliphatic carbocycles. The first-order valence-corrected chi connectivity index (χ1v) is 8.19. The highest BCUT2D eigenvalue weighted by molar-refractivity contribution is 7.18. The lowest BCUT2D eigenvalue weighted by molar-refractivity contribution is -0.132. The Morgan fingerprint density at radius 3 is 2.92 bits per heavy atom. The maximum atomic E-state index is 12.2. The first kappa shape index (κ1) is 16.0. The summed E-state index contributed by atoms with van der Waals surface area (Å²) in [5.74, 6) is 0.368. The van der Waals surface area contributed by atoms with E-state index in [1.54, 1.807) is 47.5 Å². The summed E-state index contributed by atoms with van der Waals surface area (Å²) in [7, 11) is 1.73. The molecule has 3 rings (SSSR count). The van der Waals surface area contributed by atoms with Crippen molar-refractivity contribution in [1.82, 2.24) is 9.88 Å². The lowest BCUT2D eigenvalue weighted by atomic mass is 10.2. The third-order valence-corrected chi connectivity index (χ3v) is 4.48. The van der Waals surface area contributed by atoms with E-state index >= 15 is 0 Å². The van der Waals surface area contributed by atoms with E-state index in [4.69, 9.17) is 10.00 Å². The number of amides is 1. The topological polar surface area (TPSA) is 66.2 Å². The Morgan fingerprint density at radius 2 is 2.12 bits per heavy atom. The van der Waals surface area contributed by atoms with Crippen molar-refractivity contribution in [2.45, 2.75) is 6.54 Å². The summed E-state index contributed by atoms with van der Waals surface area (Å²) in [5, 5.41) is 9.75. The number of fused-ring (bicyclic) bond motifs is 1. The third-order valence-electron chi connectivity index (χ3n) is 3.46. The largest absolute Gasteiger partial charge is 0.484 e. The number of aromatic nitrogens is 1. The van der Waals surface area contributed by atoms with Gasteiger partial charge >= 0.3 is 0 Å². The maximum Gasteiger partial charge on any atom is 0.260 e. The summed E-state index contributed by atoms with van der Waals surface area (Å²) in [6, 6.07) is 16.7. The molecule has 0 atom stereocenters. The number of nitriles is 1. The van der Waals surface area contributed by atoms with Crippen LogP contribution >= 0.6 is 11.3 Å². The minimum Gasteiger partial charge on any atom is -0.484 e. The van der Waals surface area contributed by atoms with Crippen molar-refractivity contribution < 1.29 is 9.53 Å². The zero-order valence-electron chi connectivity index (χ0n) is 13.1. The first-order chi connectivity index (χ1) is 11.7. The molecule has 0 saturated carbocycles. The van der Waals surface area contributed by atoms with Crippen molar-refractivity contribution in [3.63, 3.8) is 0 Å². The van der Waals surface area contributed by atoms with Crippen LogP contribution in [0.4, 0.5) is 0 Å². The van der Waals surface area contributed by atoms with E-state index in [2.05, 4.69) is 4.98 Å². The summed E-state index contributed by atoms with van der Waals surface area (Å²) in [6.07, 6.45) is 0. The minimum atomic E-state index is -0.142. The number of para-hydroxylation sites is 1. The Labute approximate surface area is 143 Å². The molecular weight excluding hydrogens is 322 g/mol. The second kappa shape index (κ2) is 7.11. The second-order valence-corrected chi connectivity index (χ2v) is 6.37. The van der Waals surface area contributed by atoms with Gasteiger partial charge in [-0.1, -0.05) is 18.2 Å². The number of carbonyl (C=O) groups excluding carboxylic acids is 1. The molecule has 0 saturated heterocycles. The normalized spacial score (nSPS) is 10.3. The molecule has 5 nitrogen and oxygen atoms in total. The number of benzene rings is 2. The van der Waals surface area contributed by atoms with Crippen LogP contribution in [0.5, 0.6) is 5.75 Å². The molecule has 1 aromatic heterocycles. The molecule has 0 fully saturated rings. The molecule has 3 aromatic rings. The Bertz CT molecular complexity index is 881. The number of carbonyl (C=O) groups is 1. The van der Waals surface area contributed by atoms with Crippen LogP contribution in [0, 0.1) is 11.3 Å². The van der Waals surface area contributed by atoms with Crippen LogP contribution < -0.4 is 4.74 Å². The predicted molar refractivity (Wildman–Crippen MR) is 92.7 cm³/mol. The molecule has 24 heavy (non-hydrogen) atoms. The number of ether oxygens (including phenoxy) is 1. The summed E-state index contributed by atoms with van der Waals surface area (Å²) >= 11 is 1.58. The van der Waals surface area contributed by atoms with E-state index in [1.807, 2.05) is 30.3 Å². The molecule has 0 aliphatic rings. The number of hydrogen-bond acceptors (Lipinski definition) is 5. The summed E-state index contributed by atoms with van der Waals surface area (Å²) < 4.78 is 6.58. The van der Waals surface area contributed by atoms with E-state index in [0.717, 1.165) is 15.2 Å². The van der Waals surface area contributed by atoms with Crippen LogP contribution in [0.1, 0.15) is 10.6 Å². The fourth-order valence-electron chi connectivity index (χ4n) is 2.19. The first-order valence-electron chi connectivity index (χ1n) is 7.37. The SMILES string of the molecule is CN(Cc1nc2ccccc2s1)C(=O)COc1cccc(C#N)c1. The zero-order valence-corrected chi connectivity index (χ0v) is 13.9. The lowest BCUT2D eigenvalue weighted by Gasteiger charge is -2.16. The highest BCUT2D eigenvalue weighted by Crippen LogP contribution is 2.22.